The molecule has 6 heteroatoms. The molecule has 1 saturated carbocycles. The largest absolute Gasteiger partial charge is 0.468 e. The van der Waals surface area contributed by atoms with Crippen LogP contribution < -0.4 is 0 Å². The molecular formula is C9H17NO4S. The van der Waals surface area contributed by atoms with E-state index in [1.54, 1.807) is 0 Å². The number of hydrogen-bond acceptors (Lipinski definition) is 4. The van der Waals surface area contributed by atoms with Gasteiger partial charge in [0.15, 0.2) is 0 Å². The lowest BCUT2D eigenvalue weighted by Gasteiger charge is -2.19. The molecule has 0 saturated heterocycles. The summed E-state index contributed by atoms with van der Waals surface area (Å²) >= 11 is 0. The molecule has 0 aromatic carbocycles. The number of carbonyl (C=O) groups is 1. The van der Waals surface area contributed by atoms with Gasteiger partial charge in [-0.1, -0.05) is 6.92 Å². The van der Waals surface area contributed by atoms with Gasteiger partial charge in [-0.3, -0.25) is 4.79 Å². The van der Waals surface area contributed by atoms with Gasteiger partial charge in [-0.15, -0.1) is 0 Å². The first kappa shape index (κ1) is 12.4. The Balaban J connectivity index is 2.68. The minimum atomic E-state index is -3.26. The van der Waals surface area contributed by atoms with E-state index in [4.69, 9.17) is 0 Å². The van der Waals surface area contributed by atoms with E-state index < -0.39 is 16.0 Å². The van der Waals surface area contributed by atoms with E-state index in [1.165, 1.54) is 11.4 Å². The van der Waals surface area contributed by atoms with Gasteiger partial charge in [0.2, 0.25) is 10.0 Å². The lowest BCUT2D eigenvalue weighted by atomic mass is 10.5. The maximum absolute atomic E-state index is 11.9. The van der Waals surface area contributed by atoms with Gasteiger partial charge in [0.1, 0.15) is 6.54 Å². The van der Waals surface area contributed by atoms with Gasteiger partial charge in [-0.05, 0) is 19.3 Å². The Morgan fingerprint density at radius 2 is 2.07 bits per heavy atom. The van der Waals surface area contributed by atoms with Crippen LogP contribution in [0.1, 0.15) is 26.2 Å². The number of ether oxygens (including phenoxy) is 1. The average molecular weight is 235 g/mol. The standard InChI is InChI=1S/C9H17NO4S/c1-3-6-10(7-9(11)14-2)15(12,13)8-4-5-8/h8H,3-7H2,1-2H3. The Morgan fingerprint density at radius 1 is 1.47 bits per heavy atom. The normalized spacial score (nSPS) is 16.7. The van der Waals surface area contributed by atoms with E-state index in [2.05, 4.69) is 4.74 Å². The first-order chi connectivity index (χ1) is 7.02. The zero-order valence-corrected chi connectivity index (χ0v) is 9.92. The summed E-state index contributed by atoms with van der Waals surface area (Å²) in [5, 5.41) is -0.270. The molecule has 0 radical (unpaired) electrons. The third-order valence-electron chi connectivity index (χ3n) is 2.31. The smallest absolute Gasteiger partial charge is 0.321 e. The topological polar surface area (TPSA) is 63.7 Å². The van der Waals surface area contributed by atoms with E-state index >= 15 is 0 Å². The van der Waals surface area contributed by atoms with E-state index in [1.807, 2.05) is 6.92 Å². The summed E-state index contributed by atoms with van der Waals surface area (Å²) in [6.07, 6.45) is 2.12. The summed E-state index contributed by atoms with van der Waals surface area (Å²) in [4.78, 5) is 11.1. The maximum Gasteiger partial charge on any atom is 0.321 e. The highest BCUT2D eigenvalue weighted by molar-refractivity contribution is 7.90. The Hall–Kier alpha value is -0.620. The summed E-state index contributed by atoms with van der Waals surface area (Å²) in [6, 6.07) is 0. The van der Waals surface area contributed by atoms with E-state index in [0.29, 0.717) is 25.8 Å². The third kappa shape index (κ3) is 3.17. The van der Waals surface area contributed by atoms with Crippen LogP contribution in [0.25, 0.3) is 0 Å². The van der Waals surface area contributed by atoms with Crippen molar-refractivity contribution in [3.05, 3.63) is 0 Å². The Kier molecular flexibility index (Phi) is 4.10. The molecule has 0 heterocycles. The molecule has 15 heavy (non-hydrogen) atoms. The second kappa shape index (κ2) is 4.94. The molecule has 0 amide bonds. The van der Waals surface area contributed by atoms with Crippen molar-refractivity contribution in [3.8, 4) is 0 Å². The van der Waals surface area contributed by atoms with Crippen LogP contribution in [0.5, 0.6) is 0 Å². The molecule has 0 N–H and O–H groups in total. The molecule has 1 fully saturated rings. The average Bonchev–Trinajstić information content (AvgIpc) is 3.00. The first-order valence-corrected chi connectivity index (χ1v) is 6.58. The molecule has 0 aromatic heterocycles. The van der Waals surface area contributed by atoms with Crippen LogP contribution in [0.3, 0.4) is 0 Å². The van der Waals surface area contributed by atoms with Crippen molar-refractivity contribution in [2.45, 2.75) is 31.4 Å². The predicted molar refractivity (Wildman–Crippen MR) is 55.8 cm³/mol. The zero-order valence-electron chi connectivity index (χ0n) is 9.10. The summed E-state index contributed by atoms with van der Waals surface area (Å²) in [5.41, 5.74) is 0. The van der Waals surface area contributed by atoms with Crippen LogP contribution in [0.2, 0.25) is 0 Å². The summed E-state index contributed by atoms with van der Waals surface area (Å²) in [6.45, 7) is 2.10. The molecule has 1 aliphatic carbocycles. The number of sulfonamides is 1. The number of carbonyl (C=O) groups excluding carboxylic acids is 1. The number of rotatable bonds is 6. The van der Waals surface area contributed by atoms with Gasteiger partial charge in [-0.25, -0.2) is 8.42 Å². The van der Waals surface area contributed by atoms with Crippen LogP contribution in [-0.4, -0.2) is 44.1 Å². The molecule has 1 rings (SSSR count). The van der Waals surface area contributed by atoms with Crippen molar-refractivity contribution < 1.29 is 17.9 Å². The molecule has 0 bridgehead atoms. The van der Waals surface area contributed by atoms with Crippen molar-refractivity contribution >= 4 is 16.0 Å². The number of esters is 1. The van der Waals surface area contributed by atoms with Crippen molar-refractivity contribution in [2.75, 3.05) is 20.2 Å². The Labute approximate surface area is 90.4 Å². The van der Waals surface area contributed by atoms with Crippen LogP contribution in [0.4, 0.5) is 0 Å². The van der Waals surface area contributed by atoms with Crippen molar-refractivity contribution in [2.24, 2.45) is 0 Å². The quantitative estimate of drug-likeness (QED) is 0.624. The summed E-state index contributed by atoms with van der Waals surface area (Å²) in [5.74, 6) is -0.507. The van der Waals surface area contributed by atoms with Crippen LogP contribution in [-0.2, 0) is 19.6 Å². The SMILES string of the molecule is CCCN(CC(=O)OC)S(=O)(=O)C1CC1. The highest BCUT2D eigenvalue weighted by Gasteiger charge is 2.40. The fourth-order valence-corrected chi connectivity index (χ4v) is 3.21. The fourth-order valence-electron chi connectivity index (χ4n) is 1.33. The number of nitrogens with zero attached hydrogens (tertiary/aromatic N) is 1. The Morgan fingerprint density at radius 3 is 2.47 bits per heavy atom. The number of methoxy groups -OCH3 is 1. The lowest BCUT2D eigenvalue weighted by molar-refractivity contribution is -0.140. The minimum absolute atomic E-state index is 0.164. The lowest BCUT2D eigenvalue weighted by Crippen LogP contribution is -2.38. The Bertz CT molecular complexity index is 321. The second-order valence-corrected chi connectivity index (χ2v) is 5.87. The maximum atomic E-state index is 11.9. The summed E-state index contributed by atoms with van der Waals surface area (Å²) in [7, 11) is -2.00. The molecule has 1 aliphatic rings. The van der Waals surface area contributed by atoms with E-state index in [9.17, 15) is 13.2 Å². The molecule has 5 nitrogen and oxygen atoms in total. The van der Waals surface area contributed by atoms with Crippen molar-refractivity contribution in [3.63, 3.8) is 0 Å². The van der Waals surface area contributed by atoms with E-state index in [0.717, 1.165) is 0 Å². The number of hydrogen-bond donors (Lipinski definition) is 0. The van der Waals surface area contributed by atoms with Crippen LogP contribution >= 0.6 is 0 Å². The van der Waals surface area contributed by atoms with Gasteiger partial charge in [0, 0.05) is 6.54 Å². The van der Waals surface area contributed by atoms with Gasteiger partial charge in [0.25, 0.3) is 0 Å². The fraction of sp³-hybridized carbons (Fsp3) is 0.889. The molecule has 0 spiro atoms. The van der Waals surface area contributed by atoms with Gasteiger partial charge < -0.3 is 4.74 Å². The monoisotopic (exact) mass is 235 g/mol. The molecule has 0 atom stereocenters. The highest BCUT2D eigenvalue weighted by Crippen LogP contribution is 2.30. The molecule has 0 unspecified atom stereocenters. The predicted octanol–water partition coefficient (Wildman–Crippen LogP) is 0.364. The summed E-state index contributed by atoms with van der Waals surface area (Å²) < 4.78 is 29.4. The van der Waals surface area contributed by atoms with Gasteiger partial charge in [-0.2, -0.15) is 4.31 Å². The van der Waals surface area contributed by atoms with E-state index in [-0.39, 0.29) is 11.8 Å². The molecular weight excluding hydrogens is 218 g/mol. The van der Waals surface area contributed by atoms with Gasteiger partial charge in [0.05, 0.1) is 12.4 Å². The minimum Gasteiger partial charge on any atom is -0.468 e. The first-order valence-electron chi connectivity index (χ1n) is 5.08. The van der Waals surface area contributed by atoms with Gasteiger partial charge >= 0.3 is 5.97 Å². The zero-order chi connectivity index (χ0) is 11.5. The molecule has 0 aromatic rings. The third-order valence-corrected chi connectivity index (χ3v) is 4.66. The van der Waals surface area contributed by atoms with Crippen LogP contribution in [0.15, 0.2) is 0 Å². The second-order valence-electron chi connectivity index (χ2n) is 3.65. The highest BCUT2D eigenvalue weighted by atomic mass is 32.2. The van der Waals surface area contributed by atoms with Crippen molar-refractivity contribution in [1.29, 1.82) is 0 Å². The molecule has 0 aliphatic heterocycles. The molecule has 88 valence electrons. The van der Waals surface area contributed by atoms with Crippen molar-refractivity contribution in [1.82, 2.24) is 4.31 Å². The van der Waals surface area contributed by atoms with Crippen LogP contribution in [0, 0.1) is 0 Å².